The average Bonchev–Trinajstić information content (AvgIpc) is 2.34. The van der Waals surface area contributed by atoms with Gasteiger partial charge in [0.05, 0.1) is 6.61 Å². The molecule has 0 aliphatic carbocycles. The molecule has 0 amide bonds. The first-order chi connectivity index (χ1) is 10.2. The summed E-state index contributed by atoms with van der Waals surface area (Å²) in [7, 11) is 0. The summed E-state index contributed by atoms with van der Waals surface area (Å²) in [6, 6.07) is 0. The molecule has 1 rings (SSSR count). The maximum atomic E-state index is 11.3. The highest BCUT2D eigenvalue weighted by Gasteiger charge is 2.48. The van der Waals surface area contributed by atoms with E-state index < -0.39 is 48.5 Å². The Morgan fingerprint density at radius 2 is 1.18 bits per heavy atom. The van der Waals surface area contributed by atoms with Gasteiger partial charge in [0.1, 0.15) is 0 Å². The molecule has 0 saturated carbocycles. The molecule has 0 spiro atoms. The molecule has 0 aromatic carbocycles. The maximum absolute atomic E-state index is 11.3. The highest BCUT2D eigenvalue weighted by Crippen LogP contribution is 2.25. The van der Waals surface area contributed by atoms with Crippen LogP contribution in [0.15, 0.2) is 0 Å². The molecule has 0 bridgehead atoms. The molecule has 4 atom stereocenters. The second-order valence-electron chi connectivity index (χ2n) is 4.61. The van der Waals surface area contributed by atoms with Gasteiger partial charge in [0.25, 0.3) is 0 Å². The summed E-state index contributed by atoms with van der Waals surface area (Å²) in [5, 5.41) is 0. The number of carbonyl (C=O) groups excluding carboxylic acids is 4. The second-order valence-corrected chi connectivity index (χ2v) is 4.61. The molecule has 1 fully saturated rings. The van der Waals surface area contributed by atoms with E-state index in [1.54, 1.807) is 0 Å². The first-order valence-corrected chi connectivity index (χ1v) is 6.51. The molecule has 1 aliphatic heterocycles. The molecule has 124 valence electrons. The fourth-order valence-corrected chi connectivity index (χ4v) is 1.97. The summed E-state index contributed by atoms with van der Waals surface area (Å²) in [6.07, 6.45) is -4.65. The van der Waals surface area contributed by atoms with Crippen LogP contribution in [-0.2, 0) is 42.9 Å². The molecular formula is C13H18O9. The van der Waals surface area contributed by atoms with E-state index in [2.05, 4.69) is 0 Å². The van der Waals surface area contributed by atoms with Gasteiger partial charge in [-0.1, -0.05) is 0 Å². The zero-order valence-corrected chi connectivity index (χ0v) is 12.7. The van der Waals surface area contributed by atoms with Gasteiger partial charge in [0, 0.05) is 27.7 Å². The predicted octanol–water partition coefficient (Wildman–Crippen LogP) is -0.299. The molecule has 9 heteroatoms. The van der Waals surface area contributed by atoms with Gasteiger partial charge in [-0.3, -0.25) is 19.2 Å². The van der Waals surface area contributed by atoms with Crippen LogP contribution in [0.25, 0.3) is 0 Å². The molecule has 22 heavy (non-hydrogen) atoms. The van der Waals surface area contributed by atoms with Crippen LogP contribution in [0.3, 0.4) is 0 Å². The summed E-state index contributed by atoms with van der Waals surface area (Å²) >= 11 is 0. The van der Waals surface area contributed by atoms with Gasteiger partial charge in [0.2, 0.25) is 12.4 Å². The van der Waals surface area contributed by atoms with Crippen LogP contribution in [0.1, 0.15) is 27.7 Å². The van der Waals surface area contributed by atoms with Crippen molar-refractivity contribution in [2.75, 3.05) is 6.61 Å². The van der Waals surface area contributed by atoms with Gasteiger partial charge in [-0.15, -0.1) is 0 Å². The Hall–Kier alpha value is -2.16. The fraction of sp³-hybridized carbons (Fsp3) is 0.692. The van der Waals surface area contributed by atoms with Crippen molar-refractivity contribution < 1.29 is 42.9 Å². The van der Waals surface area contributed by atoms with E-state index in [0.29, 0.717) is 0 Å². The average molecular weight is 318 g/mol. The minimum absolute atomic E-state index is 0.187. The van der Waals surface area contributed by atoms with Crippen molar-refractivity contribution in [3.8, 4) is 0 Å². The molecule has 0 aromatic rings. The smallest absolute Gasteiger partial charge is 0.305 e. The summed E-state index contributed by atoms with van der Waals surface area (Å²) in [4.78, 5) is 44.7. The van der Waals surface area contributed by atoms with Crippen LogP contribution in [0.5, 0.6) is 0 Å². The van der Waals surface area contributed by atoms with Gasteiger partial charge in [-0.05, 0) is 0 Å². The Morgan fingerprint density at radius 1 is 0.727 bits per heavy atom. The highest BCUT2D eigenvalue weighted by atomic mass is 16.7. The van der Waals surface area contributed by atoms with E-state index in [4.69, 9.17) is 23.7 Å². The number of rotatable bonds is 4. The molecule has 0 aromatic heterocycles. The largest absolute Gasteiger partial charge is 0.456 e. The quantitative estimate of drug-likeness (QED) is 0.509. The van der Waals surface area contributed by atoms with Crippen LogP contribution in [0, 0.1) is 0 Å². The number of ether oxygens (including phenoxy) is 5. The lowest BCUT2D eigenvalue weighted by atomic mass is 10.0. The zero-order chi connectivity index (χ0) is 16.9. The van der Waals surface area contributed by atoms with Crippen LogP contribution in [-0.4, -0.2) is 55.1 Å². The van der Waals surface area contributed by atoms with E-state index in [1.807, 2.05) is 0 Å². The van der Waals surface area contributed by atoms with E-state index in [0.717, 1.165) is 20.8 Å². The molecule has 1 saturated heterocycles. The van der Waals surface area contributed by atoms with E-state index >= 15 is 0 Å². The predicted molar refractivity (Wildman–Crippen MR) is 68.2 cm³/mol. The summed E-state index contributed by atoms with van der Waals surface area (Å²) in [6.45, 7) is 4.40. The third-order valence-electron chi connectivity index (χ3n) is 2.59. The molecule has 9 nitrogen and oxygen atoms in total. The van der Waals surface area contributed by atoms with E-state index in [1.165, 1.54) is 6.92 Å². The number of hydrogen-bond acceptors (Lipinski definition) is 9. The van der Waals surface area contributed by atoms with Crippen molar-refractivity contribution in [1.29, 1.82) is 0 Å². The van der Waals surface area contributed by atoms with Crippen molar-refractivity contribution >= 4 is 23.9 Å². The summed E-state index contributed by atoms with van der Waals surface area (Å²) < 4.78 is 25.2. The highest BCUT2D eigenvalue weighted by molar-refractivity contribution is 5.69. The molecule has 0 unspecified atom stereocenters. The lowest BCUT2D eigenvalue weighted by Crippen LogP contribution is -2.58. The standard InChI is InChI=1S/C13H18O9/c1-6(14)19-10-5-18-13(22-9(4)17)12(21-8(3)16)11(10)20-7(2)15/h10-13H,5H2,1-4H3/t10-,11-,12+,13+/m1/s1. The molecular weight excluding hydrogens is 300 g/mol. The SMILES string of the molecule is CC(=O)O[C@@H]1OC[C@@H](OC(C)=O)[C@@H](OC(C)=O)[C@@H]1OC(C)=O. The van der Waals surface area contributed by atoms with E-state index in [-0.39, 0.29) is 6.61 Å². The molecule has 1 aliphatic rings. The minimum Gasteiger partial charge on any atom is -0.456 e. The Bertz CT molecular complexity index is 416. The first kappa shape index (κ1) is 17.9. The molecule has 1 heterocycles. The van der Waals surface area contributed by atoms with Crippen molar-refractivity contribution in [3.63, 3.8) is 0 Å². The van der Waals surface area contributed by atoms with Crippen molar-refractivity contribution in [2.45, 2.75) is 52.3 Å². The third-order valence-corrected chi connectivity index (χ3v) is 2.59. The topological polar surface area (TPSA) is 114 Å². The van der Waals surface area contributed by atoms with Gasteiger partial charge in [-0.25, -0.2) is 0 Å². The van der Waals surface area contributed by atoms with Gasteiger partial charge in [-0.2, -0.15) is 0 Å². The lowest BCUT2D eigenvalue weighted by Gasteiger charge is -2.39. The minimum atomic E-state index is -1.27. The number of hydrogen-bond donors (Lipinski definition) is 0. The lowest BCUT2D eigenvalue weighted by molar-refractivity contribution is -0.273. The van der Waals surface area contributed by atoms with Crippen LogP contribution in [0.4, 0.5) is 0 Å². The maximum Gasteiger partial charge on any atom is 0.305 e. The fourth-order valence-electron chi connectivity index (χ4n) is 1.97. The monoisotopic (exact) mass is 318 g/mol. The normalized spacial score (nSPS) is 27.5. The van der Waals surface area contributed by atoms with E-state index in [9.17, 15) is 19.2 Å². The molecule has 0 radical (unpaired) electrons. The van der Waals surface area contributed by atoms with Crippen LogP contribution in [0.2, 0.25) is 0 Å². The third kappa shape index (κ3) is 5.32. The number of carbonyl (C=O) groups is 4. The Kier molecular flexibility index (Phi) is 6.29. The van der Waals surface area contributed by atoms with Crippen LogP contribution < -0.4 is 0 Å². The van der Waals surface area contributed by atoms with Gasteiger partial charge >= 0.3 is 23.9 Å². The summed E-state index contributed by atoms with van der Waals surface area (Å²) in [5.41, 5.74) is 0. The summed E-state index contributed by atoms with van der Waals surface area (Å²) in [5.74, 6) is -2.68. The van der Waals surface area contributed by atoms with Crippen molar-refractivity contribution in [1.82, 2.24) is 0 Å². The van der Waals surface area contributed by atoms with Crippen molar-refractivity contribution in [3.05, 3.63) is 0 Å². The van der Waals surface area contributed by atoms with Gasteiger partial charge in [0.15, 0.2) is 12.2 Å². The molecule has 0 N–H and O–H groups in total. The van der Waals surface area contributed by atoms with Gasteiger partial charge < -0.3 is 23.7 Å². The Labute approximate surface area is 126 Å². The first-order valence-electron chi connectivity index (χ1n) is 6.51. The van der Waals surface area contributed by atoms with Crippen LogP contribution >= 0.6 is 0 Å². The Morgan fingerprint density at radius 3 is 1.64 bits per heavy atom. The second kappa shape index (κ2) is 7.74. The van der Waals surface area contributed by atoms with Crippen molar-refractivity contribution in [2.24, 2.45) is 0 Å². The zero-order valence-electron chi connectivity index (χ0n) is 12.7. The number of esters is 4. The Balaban J connectivity index is 3.03.